The Morgan fingerprint density at radius 3 is 3.38 bits per heavy atom. The quantitative estimate of drug-likeness (QED) is 0.592. The minimum Gasteiger partial charge on any atom is -0.316 e. The van der Waals surface area contributed by atoms with E-state index >= 15 is 0 Å². The first kappa shape index (κ1) is 7.74. The smallest absolute Gasteiger partial charge is 0.0561 e. The molecule has 1 saturated heterocycles. The minimum atomic E-state index is 0.643. The van der Waals surface area contributed by atoms with Crippen LogP contribution in [0.15, 0.2) is 17.1 Å². The van der Waals surface area contributed by atoms with Gasteiger partial charge in [-0.1, -0.05) is 6.08 Å². The average molecular weight is 176 g/mol. The third-order valence-corrected chi connectivity index (χ3v) is 3.64. The SMILES string of the molecule is C1=CC2=NC3CCNCC3C2CC1. The molecule has 0 bridgehead atoms. The van der Waals surface area contributed by atoms with Crippen molar-refractivity contribution < 1.29 is 0 Å². The van der Waals surface area contributed by atoms with Crippen molar-refractivity contribution in [2.75, 3.05) is 13.1 Å². The summed E-state index contributed by atoms with van der Waals surface area (Å²) in [5, 5.41) is 3.49. The van der Waals surface area contributed by atoms with Crippen molar-refractivity contribution in [3.63, 3.8) is 0 Å². The Labute approximate surface area is 79.1 Å². The summed E-state index contributed by atoms with van der Waals surface area (Å²) in [7, 11) is 0. The van der Waals surface area contributed by atoms with Gasteiger partial charge in [0.05, 0.1) is 6.04 Å². The third kappa shape index (κ3) is 1.16. The van der Waals surface area contributed by atoms with Crippen molar-refractivity contribution in [1.82, 2.24) is 5.32 Å². The van der Waals surface area contributed by atoms with Crippen molar-refractivity contribution in [3.8, 4) is 0 Å². The average Bonchev–Trinajstić information content (AvgIpc) is 2.56. The predicted molar refractivity (Wildman–Crippen MR) is 54.1 cm³/mol. The predicted octanol–water partition coefficient (Wildman–Crippen LogP) is 1.39. The molecule has 2 heterocycles. The highest BCUT2D eigenvalue weighted by atomic mass is 15.0. The fraction of sp³-hybridized carbons (Fsp3) is 0.727. The number of hydrogen-bond donors (Lipinski definition) is 1. The van der Waals surface area contributed by atoms with Crippen molar-refractivity contribution >= 4 is 5.71 Å². The van der Waals surface area contributed by atoms with Crippen LogP contribution < -0.4 is 5.32 Å². The lowest BCUT2D eigenvalue weighted by Crippen LogP contribution is -2.40. The zero-order valence-corrected chi connectivity index (χ0v) is 7.87. The van der Waals surface area contributed by atoms with E-state index < -0.39 is 0 Å². The summed E-state index contributed by atoms with van der Waals surface area (Å²) in [5.74, 6) is 1.59. The van der Waals surface area contributed by atoms with Crippen LogP contribution >= 0.6 is 0 Å². The largest absolute Gasteiger partial charge is 0.316 e. The summed E-state index contributed by atoms with van der Waals surface area (Å²) >= 11 is 0. The molecular weight excluding hydrogens is 160 g/mol. The number of fused-ring (bicyclic) bond motifs is 3. The first-order valence-corrected chi connectivity index (χ1v) is 5.40. The van der Waals surface area contributed by atoms with Crippen LogP contribution in [0.2, 0.25) is 0 Å². The molecule has 3 aliphatic rings. The molecule has 2 aliphatic heterocycles. The van der Waals surface area contributed by atoms with E-state index in [0.717, 1.165) is 18.4 Å². The lowest BCUT2D eigenvalue weighted by Gasteiger charge is -2.29. The van der Waals surface area contributed by atoms with Crippen LogP contribution in [0.5, 0.6) is 0 Å². The maximum atomic E-state index is 4.82. The number of allylic oxidation sites excluding steroid dienone is 2. The van der Waals surface area contributed by atoms with Crippen LogP contribution in [0.25, 0.3) is 0 Å². The molecule has 3 rings (SSSR count). The van der Waals surface area contributed by atoms with Crippen LogP contribution in [0.3, 0.4) is 0 Å². The Balaban J connectivity index is 1.89. The molecule has 1 fully saturated rings. The van der Waals surface area contributed by atoms with E-state index in [1.165, 1.54) is 31.5 Å². The molecule has 2 nitrogen and oxygen atoms in total. The van der Waals surface area contributed by atoms with Crippen LogP contribution in [0.4, 0.5) is 0 Å². The summed E-state index contributed by atoms with van der Waals surface area (Å²) in [6.45, 7) is 2.35. The monoisotopic (exact) mass is 176 g/mol. The zero-order chi connectivity index (χ0) is 8.67. The Bertz CT molecular complexity index is 267. The van der Waals surface area contributed by atoms with Gasteiger partial charge >= 0.3 is 0 Å². The van der Waals surface area contributed by atoms with Crippen molar-refractivity contribution in [2.24, 2.45) is 16.8 Å². The maximum Gasteiger partial charge on any atom is 0.0561 e. The molecule has 0 spiro atoms. The number of nitrogens with one attached hydrogen (secondary N) is 1. The van der Waals surface area contributed by atoms with Crippen molar-refractivity contribution in [2.45, 2.75) is 25.3 Å². The number of hydrogen-bond acceptors (Lipinski definition) is 2. The highest BCUT2D eigenvalue weighted by Crippen LogP contribution is 2.36. The van der Waals surface area contributed by atoms with Crippen LogP contribution in [0.1, 0.15) is 19.3 Å². The highest BCUT2D eigenvalue weighted by molar-refractivity contribution is 5.99. The summed E-state index contributed by atoms with van der Waals surface area (Å²) in [6.07, 6.45) is 8.37. The van der Waals surface area contributed by atoms with E-state index in [2.05, 4.69) is 17.5 Å². The number of piperidine rings is 1. The van der Waals surface area contributed by atoms with Gasteiger partial charge < -0.3 is 5.32 Å². The van der Waals surface area contributed by atoms with E-state index in [4.69, 9.17) is 4.99 Å². The molecule has 0 amide bonds. The van der Waals surface area contributed by atoms with E-state index in [1.54, 1.807) is 0 Å². The van der Waals surface area contributed by atoms with Gasteiger partial charge in [0.25, 0.3) is 0 Å². The van der Waals surface area contributed by atoms with Gasteiger partial charge in [-0.25, -0.2) is 0 Å². The lowest BCUT2D eigenvalue weighted by molar-refractivity contribution is 0.292. The molecule has 1 N–H and O–H groups in total. The van der Waals surface area contributed by atoms with Crippen LogP contribution in [0, 0.1) is 11.8 Å². The molecule has 3 atom stereocenters. The first-order chi connectivity index (χ1) is 6.45. The van der Waals surface area contributed by atoms with E-state index in [0.29, 0.717) is 6.04 Å². The first-order valence-electron chi connectivity index (χ1n) is 5.40. The van der Waals surface area contributed by atoms with Crippen LogP contribution in [-0.4, -0.2) is 24.8 Å². The fourth-order valence-corrected chi connectivity index (χ4v) is 2.95. The Morgan fingerprint density at radius 2 is 2.38 bits per heavy atom. The van der Waals surface area contributed by atoms with Gasteiger partial charge in [0.1, 0.15) is 0 Å². The standard InChI is InChI=1S/C11H16N2/c1-2-4-10-8(3-1)9-7-12-6-5-11(9)13-10/h2,4,8-9,11-12H,1,3,5-7H2. The molecule has 70 valence electrons. The molecule has 0 radical (unpaired) electrons. The molecule has 0 aromatic heterocycles. The van der Waals surface area contributed by atoms with E-state index in [-0.39, 0.29) is 0 Å². The molecule has 0 aromatic rings. The molecule has 1 aliphatic carbocycles. The summed E-state index contributed by atoms with van der Waals surface area (Å²) in [4.78, 5) is 4.82. The lowest BCUT2D eigenvalue weighted by atomic mass is 9.79. The van der Waals surface area contributed by atoms with E-state index in [1.807, 2.05) is 0 Å². The van der Waals surface area contributed by atoms with E-state index in [9.17, 15) is 0 Å². The Morgan fingerprint density at radius 1 is 1.38 bits per heavy atom. The van der Waals surface area contributed by atoms with Crippen LogP contribution in [-0.2, 0) is 0 Å². The molecule has 3 unspecified atom stereocenters. The molecule has 0 aromatic carbocycles. The zero-order valence-electron chi connectivity index (χ0n) is 7.87. The second-order valence-electron chi connectivity index (χ2n) is 4.36. The summed E-state index contributed by atoms with van der Waals surface area (Å²) in [5.41, 5.74) is 1.39. The fourth-order valence-electron chi connectivity index (χ4n) is 2.95. The molecular formula is C11H16N2. The Hall–Kier alpha value is -0.630. The topological polar surface area (TPSA) is 24.4 Å². The minimum absolute atomic E-state index is 0.643. The van der Waals surface area contributed by atoms with Gasteiger partial charge in [-0.05, 0) is 31.9 Å². The number of nitrogens with zero attached hydrogens (tertiary/aromatic N) is 1. The Kier molecular flexibility index (Phi) is 1.76. The number of rotatable bonds is 0. The highest BCUT2D eigenvalue weighted by Gasteiger charge is 2.39. The normalized spacial score (nSPS) is 42.5. The van der Waals surface area contributed by atoms with Crippen molar-refractivity contribution in [1.29, 1.82) is 0 Å². The third-order valence-electron chi connectivity index (χ3n) is 3.64. The molecule has 0 saturated carbocycles. The number of aliphatic imine (C=N–C) groups is 1. The second kappa shape index (κ2) is 2.95. The van der Waals surface area contributed by atoms with Gasteiger partial charge in [0.15, 0.2) is 0 Å². The molecule has 13 heavy (non-hydrogen) atoms. The van der Waals surface area contributed by atoms with Gasteiger partial charge in [0, 0.05) is 24.1 Å². The second-order valence-corrected chi connectivity index (χ2v) is 4.36. The van der Waals surface area contributed by atoms with Crippen molar-refractivity contribution in [3.05, 3.63) is 12.2 Å². The van der Waals surface area contributed by atoms with Gasteiger partial charge in [0.2, 0.25) is 0 Å². The molecule has 2 heteroatoms. The summed E-state index contributed by atoms with van der Waals surface area (Å²) in [6, 6.07) is 0.643. The van der Waals surface area contributed by atoms with Gasteiger partial charge in [-0.3, -0.25) is 4.99 Å². The maximum absolute atomic E-state index is 4.82. The van der Waals surface area contributed by atoms with Gasteiger partial charge in [-0.15, -0.1) is 0 Å². The van der Waals surface area contributed by atoms with Gasteiger partial charge in [-0.2, -0.15) is 0 Å². The summed E-state index contributed by atoms with van der Waals surface area (Å²) < 4.78 is 0.